The highest BCUT2D eigenvalue weighted by molar-refractivity contribution is 5.28. The summed E-state index contributed by atoms with van der Waals surface area (Å²) in [6, 6.07) is 3.80. The van der Waals surface area contributed by atoms with Crippen LogP contribution in [-0.4, -0.2) is 22.9 Å². The third-order valence-corrected chi connectivity index (χ3v) is 2.42. The van der Waals surface area contributed by atoms with Gasteiger partial charge in [-0.1, -0.05) is 18.2 Å². The van der Waals surface area contributed by atoms with Gasteiger partial charge in [-0.15, -0.1) is 0 Å². The number of alkyl halides is 3. The van der Waals surface area contributed by atoms with E-state index in [0.29, 0.717) is 6.07 Å². The smallest absolute Gasteiger partial charge is 0.265 e. The second kappa shape index (κ2) is 5.63. The van der Waals surface area contributed by atoms with E-state index in [4.69, 9.17) is 0 Å². The fourth-order valence-corrected chi connectivity index (χ4v) is 1.60. The Morgan fingerprint density at radius 2 is 1.63 bits per heavy atom. The van der Waals surface area contributed by atoms with Gasteiger partial charge in [-0.3, -0.25) is 20.2 Å². The number of benzene rings is 1. The second-order valence-corrected chi connectivity index (χ2v) is 3.85. The van der Waals surface area contributed by atoms with Crippen molar-refractivity contribution in [2.45, 2.75) is 12.1 Å². The summed E-state index contributed by atoms with van der Waals surface area (Å²) >= 11 is 0. The zero-order chi connectivity index (χ0) is 14.6. The summed E-state index contributed by atoms with van der Waals surface area (Å²) in [7, 11) is 0. The Hall–Kier alpha value is -2.19. The molecule has 0 bridgehead atoms. The summed E-state index contributed by atoms with van der Waals surface area (Å²) in [4.78, 5) is 19.2. The number of hydrogen-bond donors (Lipinski definition) is 0. The van der Waals surface area contributed by atoms with Crippen molar-refractivity contribution < 1.29 is 23.0 Å². The van der Waals surface area contributed by atoms with Gasteiger partial charge in [0.25, 0.3) is 0 Å². The van der Waals surface area contributed by atoms with E-state index >= 15 is 0 Å². The van der Waals surface area contributed by atoms with Gasteiger partial charge >= 0.3 is 6.18 Å². The van der Waals surface area contributed by atoms with Crippen LogP contribution >= 0.6 is 0 Å². The number of nitrogens with zero attached hydrogens (tertiary/aromatic N) is 2. The van der Waals surface area contributed by atoms with Gasteiger partial charge in [0.05, 0.1) is 5.56 Å². The Morgan fingerprint density at radius 3 is 2.05 bits per heavy atom. The van der Waals surface area contributed by atoms with Crippen molar-refractivity contribution in [3.63, 3.8) is 0 Å². The van der Waals surface area contributed by atoms with E-state index in [0.717, 1.165) is 12.1 Å². The van der Waals surface area contributed by atoms with Gasteiger partial charge in [0.15, 0.2) is 0 Å². The average Bonchev–Trinajstić information content (AvgIpc) is 2.26. The van der Waals surface area contributed by atoms with Gasteiger partial charge < -0.3 is 0 Å². The molecular weight excluding hydrogens is 269 g/mol. The molecule has 0 saturated heterocycles. The minimum atomic E-state index is -4.59. The standard InChI is InChI=1S/C10H9F3N2O4/c11-10(12,13)9-3-1-2-7(4-9)8(5-14(16)17)6-15(18)19/h1-4,8H,5-6H2. The van der Waals surface area contributed by atoms with Crippen LogP contribution in [0.2, 0.25) is 0 Å². The highest BCUT2D eigenvalue weighted by Gasteiger charge is 2.32. The zero-order valence-corrected chi connectivity index (χ0v) is 9.46. The Bertz CT molecular complexity index is 474. The molecule has 104 valence electrons. The van der Waals surface area contributed by atoms with E-state index in [1.165, 1.54) is 6.07 Å². The highest BCUT2D eigenvalue weighted by atomic mass is 19.4. The monoisotopic (exact) mass is 278 g/mol. The van der Waals surface area contributed by atoms with E-state index in [-0.39, 0.29) is 5.56 Å². The predicted molar refractivity (Wildman–Crippen MR) is 57.9 cm³/mol. The first-order valence-corrected chi connectivity index (χ1v) is 5.11. The Balaban J connectivity index is 3.08. The largest absolute Gasteiger partial charge is 0.416 e. The van der Waals surface area contributed by atoms with Gasteiger partial charge in [0.1, 0.15) is 5.92 Å². The molecule has 1 aromatic carbocycles. The quantitative estimate of drug-likeness (QED) is 0.611. The molecule has 0 spiro atoms. The van der Waals surface area contributed by atoms with Crippen molar-refractivity contribution in [2.75, 3.05) is 13.1 Å². The van der Waals surface area contributed by atoms with Crippen molar-refractivity contribution in [3.8, 4) is 0 Å². The van der Waals surface area contributed by atoms with Crippen LogP contribution in [0.4, 0.5) is 13.2 Å². The molecule has 0 fully saturated rings. The lowest BCUT2D eigenvalue weighted by Crippen LogP contribution is -2.21. The van der Waals surface area contributed by atoms with Crippen molar-refractivity contribution in [1.29, 1.82) is 0 Å². The van der Waals surface area contributed by atoms with Gasteiger partial charge in [0.2, 0.25) is 13.1 Å². The zero-order valence-electron chi connectivity index (χ0n) is 9.46. The van der Waals surface area contributed by atoms with E-state index < -0.39 is 40.6 Å². The van der Waals surface area contributed by atoms with Crippen LogP contribution in [0.3, 0.4) is 0 Å². The molecule has 0 amide bonds. The minimum absolute atomic E-state index is 0.0665. The molecule has 19 heavy (non-hydrogen) atoms. The van der Waals surface area contributed by atoms with Crippen molar-refractivity contribution >= 4 is 0 Å². The van der Waals surface area contributed by atoms with E-state index in [9.17, 15) is 33.4 Å². The Morgan fingerprint density at radius 1 is 1.11 bits per heavy atom. The number of hydrogen-bond acceptors (Lipinski definition) is 4. The third kappa shape index (κ3) is 4.53. The summed E-state index contributed by atoms with van der Waals surface area (Å²) in [6.45, 7) is -1.58. The first kappa shape index (κ1) is 14.9. The molecule has 0 radical (unpaired) electrons. The van der Waals surface area contributed by atoms with Crippen LogP contribution in [0.5, 0.6) is 0 Å². The van der Waals surface area contributed by atoms with Crippen LogP contribution in [0.25, 0.3) is 0 Å². The maximum atomic E-state index is 12.5. The van der Waals surface area contributed by atoms with E-state index in [1.54, 1.807) is 0 Å². The number of nitro groups is 2. The molecular formula is C10H9F3N2O4. The lowest BCUT2D eigenvalue weighted by Gasteiger charge is -2.12. The Labute approximate surface area is 105 Å². The minimum Gasteiger partial charge on any atom is -0.265 e. The van der Waals surface area contributed by atoms with Gasteiger partial charge in [-0.25, -0.2) is 0 Å². The predicted octanol–water partition coefficient (Wildman–Crippen LogP) is 2.34. The highest BCUT2D eigenvalue weighted by Crippen LogP contribution is 2.31. The normalized spacial score (nSPS) is 11.6. The van der Waals surface area contributed by atoms with Crippen molar-refractivity contribution in [3.05, 3.63) is 55.6 Å². The topological polar surface area (TPSA) is 86.3 Å². The second-order valence-electron chi connectivity index (χ2n) is 3.85. The van der Waals surface area contributed by atoms with E-state index in [2.05, 4.69) is 0 Å². The van der Waals surface area contributed by atoms with Crippen LogP contribution in [0, 0.1) is 20.2 Å². The SMILES string of the molecule is O=[N+]([O-])CC(C[N+](=O)[O-])c1cccc(C(F)(F)F)c1. The summed E-state index contributed by atoms with van der Waals surface area (Å²) in [6.07, 6.45) is -4.59. The van der Waals surface area contributed by atoms with Crippen LogP contribution < -0.4 is 0 Å². The molecule has 9 heteroatoms. The van der Waals surface area contributed by atoms with E-state index in [1.807, 2.05) is 0 Å². The number of rotatable bonds is 5. The molecule has 0 unspecified atom stereocenters. The Kier molecular flexibility index (Phi) is 4.41. The molecule has 0 N–H and O–H groups in total. The lowest BCUT2D eigenvalue weighted by atomic mass is 9.97. The van der Waals surface area contributed by atoms with Crippen LogP contribution in [0.15, 0.2) is 24.3 Å². The number of halogens is 3. The molecule has 1 rings (SSSR count). The fraction of sp³-hybridized carbons (Fsp3) is 0.400. The lowest BCUT2D eigenvalue weighted by molar-refractivity contribution is -0.516. The molecule has 0 aliphatic heterocycles. The maximum absolute atomic E-state index is 12.5. The van der Waals surface area contributed by atoms with Crippen molar-refractivity contribution in [1.82, 2.24) is 0 Å². The molecule has 0 saturated carbocycles. The fourth-order valence-electron chi connectivity index (χ4n) is 1.60. The van der Waals surface area contributed by atoms with Crippen LogP contribution in [0.1, 0.15) is 17.0 Å². The third-order valence-electron chi connectivity index (χ3n) is 2.42. The van der Waals surface area contributed by atoms with Gasteiger partial charge in [-0.2, -0.15) is 13.2 Å². The van der Waals surface area contributed by atoms with Crippen LogP contribution in [-0.2, 0) is 6.18 Å². The molecule has 0 atom stereocenters. The first-order chi connectivity index (χ1) is 8.70. The van der Waals surface area contributed by atoms with Crippen molar-refractivity contribution in [2.24, 2.45) is 0 Å². The van der Waals surface area contributed by atoms with Gasteiger partial charge in [-0.05, 0) is 11.6 Å². The molecule has 0 aliphatic rings. The first-order valence-electron chi connectivity index (χ1n) is 5.11. The molecule has 0 aliphatic carbocycles. The summed E-state index contributed by atoms with van der Waals surface area (Å²) < 4.78 is 37.5. The average molecular weight is 278 g/mol. The molecule has 0 heterocycles. The summed E-state index contributed by atoms with van der Waals surface area (Å²) in [5.41, 5.74) is -1.05. The molecule has 1 aromatic rings. The van der Waals surface area contributed by atoms with Gasteiger partial charge in [0, 0.05) is 9.85 Å². The summed E-state index contributed by atoms with van der Waals surface area (Å²) in [5.74, 6) is -1.19. The maximum Gasteiger partial charge on any atom is 0.416 e. The molecule has 0 aromatic heterocycles. The summed E-state index contributed by atoms with van der Waals surface area (Å²) in [5, 5.41) is 20.8. The molecule has 6 nitrogen and oxygen atoms in total.